The molecule has 0 saturated carbocycles. The fourth-order valence-corrected chi connectivity index (χ4v) is 0.903. The quantitative estimate of drug-likeness (QED) is 0.389. The van der Waals surface area contributed by atoms with E-state index < -0.39 is 11.6 Å². The van der Waals surface area contributed by atoms with Crippen LogP contribution in [-0.2, 0) is 0 Å². The Labute approximate surface area is 77.7 Å². The smallest absolute Gasteiger partial charge is 0.152 e. The van der Waals surface area contributed by atoms with Gasteiger partial charge in [0.25, 0.3) is 0 Å². The topological polar surface area (TPSA) is 12.4 Å². The maximum Gasteiger partial charge on any atom is 0.152 e. The largest absolute Gasteiger partial charge is 0.205 e. The molecule has 0 aromatic heterocycles. The first kappa shape index (κ1) is 9.26. The molecule has 1 nitrogen and oxygen atoms in total. The highest BCUT2D eigenvalue weighted by atomic mass is 35.5. The molecule has 0 fully saturated rings. The van der Waals surface area contributed by atoms with E-state index in [1.54, 1.807) is 0 Å². The van der Waals surface area contributed by atoms with Crippen molar-refractivity contribution in [1.82, 2.24) is 0 Å². The van der Waals surface area contributed by atoms with Crippen molar-refractivity contribution in [1.29, 1.82) is 0 Å². The van der Waals surface area contributed by atoms with Crippen molar-refractivity contribution in [2.24, 2.45) is 4.99 Å². The van der Waals surface area contributed by atoms with Crippen LogP contribution in [0.1, 0.15) is 0 Å². The number of isothiocyanates is 1. The second-order valence-electron chi connectivity index (χ2n) is 1.92. The van der Waals surface area contributed by atoms with Crippen LogP contribution in [0.2, 0.25) is 5.02 Å². The monoisotopic (exact) mass is 205 g/mol. The second-order valence-corrected chi connectivity index (χ2v) is 2.51. The highest BCUT2D eigenvalue weighted by Gasteiger charge is 2.06. The van der Waals surface area contributed by atoms with Crippen LogP contribution in [0.4, 0.5) is 14.5 Å². The van der Waals surface area contributed by atoms with Gasteiger partial charge in [0.15, 0.2) is 5.82 Å². The van der Waals surface area contributed by atoms with E-state index in [4.69, 9.17) is 11.6 Å². The lowest BCUT2D eigenvalue weighted by atomic mass is 10.3. The Balaban J connectivity index is 3.32. The summed E-state index contributed by atoms with van der Waals surface area (Å²) in [6.07, 6.45) is 0. The van der Waals surface area contributed by atoms with Crippen LogP contribution in [0, 0.1) is 11.6 Å². The van der Waals surface area contributed by atoms with Crippen molar-refractivity contribution in [3.05, 3.63) is 28.8 Å². The molecule has 0 unspecified atom stereocenters. The summed E-state index contributed by atoms with van der Waals surface area (Å²) in [4.78, 5) is 3.35. The van der Waals surface area contributed by atoms with Gasteiger partial charge in [-0.05, 0) is 18.3 Å². The Kier molecular flexibility index (Phi) is 2.87. The molecule has 0 bridgehead atoms. The molecular formula is C7H2ClF2NS. The van der Waals surface area contributed by atoms with Crippen LogP contribution in [0.3, 0.4) is 0 Å². The highest BCUT2D eigenvalue weighted by molar-refractivity contribution is 7.78. The van der Waals surface area contributed by atoms with Gasteiger partial charge in [-0.25, -0.2) is 8.78 Å². The Morgan fingerprint density at radius 2 is 2.00 bits per heavy atom. The van der Waals surface area contributed by atoms with Crippen molar-refractivity contribution in [2.45, 2.75) is 0 Å². The van der Waals surface area contributed by atoms with Crippen molar-refractivity contribution in [3.8, 4) is 0 Å². The lowest BCUT2D eigenvalue weighted by Gasteiger charge is -1.96. The average Bonchev–Trinajstić information content (AvgIpc) is 2.01. The normalized spacial score (nSPS) is 9.25. The van der Waals surface area contributed by atoms with Gasteiger partial charge < -0.3 is 0 Å². The van der Waals surface area contributed by atoms with Gasteiger partial charge in [-0.1, -0.05) is 11.6 Å². The first-order valence-electron chi connectivity index (χ1n) is 2.87. The van der Waals surface area contributed by atoms with Gasteiger partial charge >= 0.3 is 0 Å². The van der Waals surface area contributed by atoms with Crippen LogP contribution in [-0.4, -0.2) is 5.16 Å². The SMILES string of the molecule is Fc1cc(F)c(N=C=S)cc1Cl. The van der Waals surface area contributed by atoms with E-state index >= 15 is 0 Å². The summed E-state index contributed by atoms with van der Waals surface area (Å²) in [7, 11) is 0. The number of thiocarbonyl (C=S) groups is 1. The van der Waals surface area contributed by atoms with Crippen molar-refractivity contribution < 1.29 is 8.78 Å². The van der Waals surface area contributed by atoms with Gasteiger partial charge in [0.2, 0.25) is 0 Å². The number of nitrogens with zero attached hydrogens (tertiary/aromatic N) is 1. The molecule has 0 N–H and O–H groups in total. The first-order valence-corrected chi connectivity index (χ1v) is 3.66. The summed E-state index contributed by atoms with van der Waals surface area (Å²) < 4.78 is 25.3. The fourth-order valence-electron chi connectivity index (χ4n) is 0.647. The standard InChI is InChI=1S/C7H2ClF2NS/c8-4-1-7(11-3-12)6(10)2-5(4)9/h1-2H. The first-order chi connectivity index (χ1) is 5.65. The molecule has 0 saturated heterocycles. The Bertz CT molecular complexity index is 361. The summed E-state index contributed by atoms with van der Waals surface area (Å²) in [5.74, 6) is -1.63. The van der Waals surface area contributed by atoms with E-state index in [0.717, 1.165) is 6.07 Å². The maximum absolute atomic E-state index is 12.7. The summed E-state index contributed by atoms with van der Waals surface area (Å²) in [6, 6.07) is 1.69. The number of halogens is 3. The van der Waals surface area contributed by atoms with Gasteiger partial charge in [0, 0.05) is 6.07 Å². The molecule has 0 radical (unpaired) electrons. The Morgan fingerprint density at radius 1 is 1.33 bits per heavy atom. The van der Waals surface area contributed by atoms with Crippen molar-refractivity contribution in [3.63, 3.8) is 0 Å². The third kappa shape index (κ3) is 1.85. The van der Waals surface area contributed by atoms with Gasteiger partial charge in [0.1, 0.15) is 11.5 Å². The predicted molar refractivity (Wildman–Crippen MR) is 46.1 cm³/mol. The molecule has 12 heavy (non-hydrogen) atoms. The minimum Gasteiger partial charge on any atom is -0.205 e. The van der Waals surface area contributed by atoms with Crippen LogP contribution >= 0.6 is 23.8 Å². The highest BCUT2D eigenvalue weighted by Crippen LogP contribution is 2.24. The average molecular weight is 206 g/mol. The van der Waals surface area contributed by atoms with Gasteiger partial charge in [-0.15, -0.1) is 0 Å². The number of hydrogen-bond donors (Lipinski definition) is 0. The lowest BCUT2D eigenvalue weighted by Crippen LogP contribution is -1.81. The number of rotatable bonds is 1. The van der Waals surface area contributed by atoms with Crippen molar-refractivity contribution >= 4 is 34.7 Å². The molecule has 0 aliphatic rings. The number of hydrogen-bond acceptors (Lipinski definition) is 2. The zero-order valence-corrected chi connectivity index (χ0v) is 7.22. The summed E-state index contributed by atoms with van der Waals surface area (Å²) in [6.45, 7) is 0. The van der Waals surface area contributed by atoms with Gasteiger partial charge in [-0.3, -0.25) is 0 Å². The number of aliphatic imine (C=N–C) groups is 1. The molecule has 0 spiro atoms. The molecule has 62 valence electrons. The molecule has 0 atom stereocenters. The van der Waals surface area contributed by atoms with Crippen LogP contribution < -0.4 is 0 Å². The molecule has 1 aromatic carbocycles. The van der Waals surface area contributed by atoms with E-state index in [0.29, 0.717) is 6.07 Å². The zero-order valence-electron chi connectivity index (χ0n) is 5.64. The summed E-state index contributed by atoms with van der Waals surface area (Å²) >= 11 is 9.61. The predicted octanol–water partition coefficient (Wildman–Crippen LogP) is 3.35. The molecule has 1 rings (SSSR count). The Hall–Kier alpha value is -0.830. The number of benzene rings is 1. The van der Waals surface area contributed by atoms with Gasteiger partial charge in [-0.2, -0.15) is 4.99 Å². The molecule has 5 heteroatoms. The van der Waals surface area contributed by atoms with E-state index in [1.807, 2.05) is 5.16 Å². The summed E-state index contributed by atoms with van der Waals surface area (Å²) in [5.41, 5.74) is -0.114. The van der Waals surface area contributed by atoms with Gasteiger partial charge in [0.05, 0.1) is 10.2 Å². The second kappa shape index (κ2) is 3.72. The minimum atomic E-state index is -0.822. The minimum absolute atomic E-state index is 0.114. The molecule has 0 amide bonds. The summed E-state index contributed by atoms with van der Waals surface area (Å²) in [5, 5.41) is 1.76. The molecular weight excluding hydrogens is 204 g/mol. The third-order valence-electron chi connectivity index (χ3n) is 1.16. The third-order valence-corrected chi connectivity index (χ3v) is 1.54. The van der Waals surface area contributed by atoms with E-state index in [9.17, 15) is 8.78 Å². The van der Waals surface area contributed by atoms with E-state index in [-0.39, 0.29) is 10.7 Å². The van der Waals surface area contributed by atoms with Crippen LogP contribution in [0.15, 0.2) is 17.1 Å². The Morgan fingerprint density at radius 3 is 2.58 bits per heavy atom. The molecule has 0 aliphatic carbocycles. The van der Waals surface area contributed by atoms with Crippen LogP contribution in [0.5, 0.6) is 0 Å². The fraction of sp³-hybridized carbons (Fsp3) is 0. The van der Waals surface area contributed by atoms with E-state index in [2.05, 4.69) is 17.2 Å². The zero-order chi connectivity index (χ0) is 9.14. The van der Waals surface area contributed by atoms with Crippen molar-refractivity contribution in [2.75, 3.05) is 0 Å². The lowest BCUT2D eigenvalue weighted by molar-refractivity contribution is 0.585. The van der Waals surface area contributed by atoms with Crippen LogP contribution in [0.25, 0.3) is 0 Å². The van der Waals surface area contributed by atoms with E-state index in [1.165, 1.54) is 0 Å². The molecule has 0 heterocycles. The molecule has 0 aliphatic heterocycles. The maximum atomic E-state index is 12.7. The molecule has 1 aromatic rings.